The molecule has 20 heavy (non-hydrogen) atoms. The average molecular weight is 268 g/mol. The summed E-state index contributed by atoms with van der Waals surface area (Å²) in [7, 11) is 1.63. The molecule has 102 valence electrons. The topological polar surface area (TPSA) is 9.23 Å². The van der Waals surface area contributed by atoms with Crippen molar-refractivity contribution in [1.82, 2.24) is 0 Å². The van der Waals surface area contributed by atoms with E-state index in [2.05, 4.69) is 6.58 Å². The summed E-state index contributed by atoms with van der Waals surface area (Å²) < 4.78 is 20.4. The maximum Gasteiger partial charge on any atom is 0.144 e. The van der Waals surface area contributed by atoms with Crippen LogP contribution >= 0.6 is 0 Å². The summed E-state index contributed by atoms with van der Waals surface area (Å²) in [6.07, 6.45) is 0.762. The molecule has 0 aliphatic heterocycles. The number of halogens is 1. The van der Waals surface area contributed by atoms with Crippen molar-refractivity contribution < 1.29 is 9.13 Å². The molecule has 0 amide bonds. The lowest BCUT2D eigenvalue weighted by atomic mass is 9.90. The molecule has 0 spiro atoms. The fourth-order valence-electron chi connectivity index (χ4n) is 2.85. The van der Waals surface area contributed by atoms with Crippen LogP contribution in [0.2, 0.25) is 0 Å². The Balaban J connectivity index is 1.86. The minimum atomic E-state index is -1.38. The van der Waals surface area contributed by atoms with Gasteiger partial charge in [0.25, 0.3) is 0 Å². The molecular formula is C18H17FO. The second-order valence-corrected chi connectivity index (χ2v) is 5.30. The van der Waals surface area contributed by atoms with Crippen LogP contribution in [0.3, 0.4) is 0 Å². The van der Waals surface area contributed by atoms with Gasteiger partial charge in [0.15, 0.2) is 0 Å². The number of rotatable bonds is 3. The molecule has 0 unspecified atom stereocenters. The van der Waals surface area contributed by atoms with Crippen LogP contribution in [0.1, 0.15) is 16.7 Å². The largest absolute Gasteiger partial charge is 0.497 e. The molecule has 3 rings (SSSR count). The van der Waals surface area contributed by atoms with Gasteiger partial charge >= 0.3 is 0 Å². The summed E-state index contributed by atoms with van der Waals surface area (Å²) in [5.41, 5.74) is 2.20. The van der Waals surface area contributed by atoms with E-state index in [9.17, 15) is 0 Å². The van der Waals surface area contributed by atoms with E-state index in [0.717, 1.165) is 22.4 Å². The van der Waals surface area contributed by atoms with Gasteiger partial charge in [-0.25, -0.2) is 4.39 Å². The molecule has 1 aliphatic rings. The Kier molecular flexibility index (Phi) is 3.09. The fraction of sp³-hybridized carbons (Fsp3) is 0.222. The summed E-state index contributed by atoms with van der Waals surface area (Å²) in [5.74, 6) is 0.787. The maximum atomic E-state index is 15.2. The SMILES string of the molecule is C=C1c2ccccc2C[C@]1(F)Cc1ccc(OC)cc1. The van der Waals surface area contributed by atoms with Crippen LogP contribution in [0.25, 0.3) is 5.57 Å². The van der Waals surface area contributed by atoms with Gasteiger partial charge in [-0.2, -0.15) is 0 Å². The van der Waals surface area contributed by atoms with Crippen molar-refractivity contribution in [3.63, 3.8) is 0 Å². The summed E-state index contributed by atoms with van der Waals surface area (Å²) in [6, 6.07) is 15.4. The second kappa shape index (κ2) is 4.78. The van der Waals surface area contributed by atoms with Crippen LogP contribution in [0.15, 0.2) is 55.1 Å². The van der Waals surface area contributed by atoms with Crippen LogP contribution in [0.4, 0.5) is 4.39 Å². The lowest BCUT2D eigenvalue weighted by molar-refractivity contribution is 0.250. The van der Waals surface area contributed by atoms with Gasteiger partial charge in [0.05, 0.1) is 7.11 Å². The summed E-state index contributed by atoms with van der Waals surface area (Å²) >= 11 is 0. The molecular weight excluding hydrogens is 251 g/mol. The molecule has 0 saturated carbocycles. The van der Waals surface area contributed by atoms with Crippen molar-refractivity contribution in [1.29, 1.82) is 0 Å². The molecule has 0 bridgehead atoms. The number of benzene rings is 2. The molecule has 0 fully saturated rings. The molecule has 0 heterocycles. The fourth-order valence-corrected chi connectivity index (χ4v) is 2.85. The molecule has 1 atom stereocenters. The van der Waals surface area contributed by atoms with Gasteiger partial charge in [0.1, 0.15) is 11.4 Å². The highest BCUT2D eigenvalue weighted by Crippen LogP contribution is 2.43. The van der Waals surface area contributed by atoms with Crippen molar-refractivity contribution >= 4 is 5.57 Å². The van der Waals surface area contributed by atoms with Crippen LogP contribution in [-0.4, -0.2) is 12.8 Å². The van der Waals surface area contributed by atoms with Gasteiger partial charge in [0, 0.05) is 12.8 Å². The Labute approximate surface area is 118 Å². The number of ether oxygens (including phenoxy) is 1. The quantitative estimate of drug-likeness (QED) is 0.810. The first-order valence-electron chi connectivity index (χ1n) is 6.72. The molecule has 2 aromatic rings. The Hall–Kier alpha value is -2.09. The van der Waals surface area contributed by atoms with E-state index >= 15 is 4.39 Å². The smallest absolute Gasteiger partial charge is 0.144 e. The first-order chi connectivity index (χ1) is 9.62. The third kappa shape index (κ3) is 2.11. The molecule has 1 nitrogen and oxygen atoms in total. The maximum absolute atomic E-state index is 15.2. The van der Waals surface area contributed by atoms with Gasteiger partial charge in [0.2, 0.25) is 0 Å². The van der Waals surface area contributed by atoms with E-state index in [4.69, 9.17) is 4.74 Å². The van der Waals surface area contributed by atoms with Gasteiger partial charge < -0.3 is 4.74 Å². The second-order valence-electron chi connectivity index (χ2n) is 5.30. The Morgan fingerprint density at radius 3 is 2.50 bits per heavy atom. The highest BCUT2D eigenvalue weighted by Gasteiger charge is 2.40. The zero-order valence-electron chi connectivity index (χ0n) is 11.5. The van der Waals surface area contributed by atoms with Gasteiger partial charge in [-0.3, -0.25) is 0 Å². The lowest BCUT2D eigenvalue weighted by Crippen LogP contribution is -2.25. The van der Waals surface area contributed by atoms with Crippen molar-refractivity contribution in [2.75, 3.05) is 7.11 Å². The zero-order valence-corrected chi connectivity index (χ0v) is 11.5. The Morgan fingerprint density at radius 2 is 1.85 bits per heavy atom. The lowest BCUT2D eigenvalue weighted by Gasteiger charge is -2.21. The number of alkyl halides is 1. The summed E-state index contributed by atoms with van der Waals surface area (Å²) in [6.45, 7) is 3.98. The predicted octanol–water partition coefficient (Wildman–Crippen LogP) is 4.22. The van der Waals surface area contributed by atoms with Crippen LogP contribution in [0, 0.1) is 0 Å². The van der Waals surface area contributed by atoms with Crippen LogP contribution in [0.5, 0.6) is 5.75 Å². The summed E-state index contributed by atoms with van der Waals surface area (Å²) in [4.78, 5) is 0. The first kappa shape index (κ1) is 12.9. The van der Waals surface area contributed by atoms with E-state index in [1.54, 1.807) is 7.11 Å². The molecule has 0 radical (unpaired) electrons. The molecule has 0 aromatic heterocycles. The Bertz CT molecular complexity index is 645. The molecule has 0 N–H and O–H groups in total. The number of allylic oxidation sites excluding steroid dienone is 1. The van der Waals surface area contributed by atoms with E-state index in [1.807, 2.05) is 48.5 Å². The monoisotopic (exact) mass is 268 g/mol. The van der Waals surface area contributed by atoms with E-state index in [1.165, 1.54) is 0 Å². The minimum absolute atomic E-state index is 0.352. The normalized spacial score (nSPS) is 20.8. The van der Waals surface area contributed by atoms with Crippen LogP contribution < -0.4 is 4.74 Å². The van der Waals surface area contributed by atoms with Crippen molar-refractivity contribution in [3.8, 4) is 5.75 Å². The number of fused-ring (bicyclic) bond motifs is 1. The molecule has 1 aliphatic carbocycles. The van der Waals surface area contributed by atoms with E-state index in [0.29, 0.717) is 18.4 Å². The highest BCUT2D eigenvalue weighted by molar-refractivity contribution is 5.78. The first-order valence-corrected chi connectivity index (χ1v) is 6.72. The highest BCUT2D eigenvalue weighted by atomic mass is 19.1. The zero-order chi connectivity index (χ0) is 14.2. The molecule has 0 saturated heterocycles. The van der Waals surface area contributed by atoms with E-state index < -0.39 is 5.67 Å². The number of hydrogen-bond donors (Lipinski definition) is 0. The van der Waals surface area contributed by atoms with Gasteiger partial charge in [-0.1, -0.05) is 43.0 Å². The Morgan fingerprint density at radius 1 is 1.15 bits per heavy atom. The minimum Gasteiger partial charge on any atom is -0.497 e. The number of hydrogen-bond acceptors (Lipinski definition) is 1. The van der Waals surface area contributed by atoms with Crippen molar-refractivity contribution in [2.24, 2.45) is 0 Å². The van der Waals surface area contributed by atoms with Gasteiger partial charge in [-0.05, 0) is 34.4 Å². The third-order valence-corrected chi connectivity index (χ3v) is 4.00. The third-order valence-electron chi connectivity index (χ3n) is 4.00. The van der Waals surface area contributed by atoms with E-state index in [-0.39, 0.29) is 0 Å². The van der Waals surface area contributed by atoms with Crippen molar-refractivity contribution in [2.45, 2.75) is 18.5 Å². The standard InChI is InChI=1S/C18H17FO/c1-13-17-6-4-3-5-15(17)12-18(13,19)11-14-7-9-16(20-2)10-8-14/h3-10H,1,11-12H2,2H3/t18-/m1/s1. The number of methoxy groups -OCH3 is 1. The van der Waals surface area contributed by atoms with Crippen LogP contribution in [-0.2, 0) is 12.8 Å². The van der Waals surface area contributed by atoms with Crippen molar-refractivity contribution in [3.05, 3.63) is 71.8 Å². The predicted molar refractivity (Wildman–Crippen MR) is 79.7 cm³/mol. The van der Waals surface area contributed by atoms with Gasteiger partial charge in [-0.15, -0.1) is 0 Å². The average Bonchev–Trinajstić information content (AvgIpc) is 2.72. The summed E-state index contributed by atoms with van der Waals surface area (Å²) in [5, 5.41) is 0. The molecule has 2 heteroatoms. The molecule has 2 aromatic carbocycles.